The summed E-state index contributed by atoms with van der Waals surface area (Å²) >= 11 is 1.68. The third-order valence-electron chi connectivity index (χ3n) is 3.34. The van der Waals surface area contributed by atoms with Gasteiger partial charge in [-0.25, -0.2) is 0 Å². The maximum atomic E-state index is 10.2. The first-order valence-corrected chi connectivity index (χ1v) is 7.42. The fourth-order valence-corrected chi connectivity index (χ4v) is 3.07. The standard InChI is InChI=1S/C17H16OS/c18-17(11-14-7-8-19-12-14)10-13-5-6-15-3-1-2-4-16(15)9-13/h1-9,12,17-18H,10-11H2. The van der Waals surface area contributed by atoms with Crippen LogP contribution in [0.5, 0.6) is 0 Å². The highest BCUT2D eigenvalue weighted by molar-refractivity contribution is 7.07. The predicted octanol–water partition coefficient (Wildman–Crippen LogP) is 4.05. The molecule has 1 N–H and O–H groups in total. The molecule has 0 aliphatic carbocycles. The monoisotopic (exact) mass is 268 g/mol. The molecule has 0 radical (unpaired) electrons. The summed E-state index contributed by atoms with van der Waals surface area (Å²) in [6.45, 7) is 0. The second kappa shape index (κ2) is 5.55. The Morgan fingerprint density at radius 3 is 2.47 bits per heavy atom. The summed E-state index contributed by atoms with van der Waals surface area (Å²) in [6, 6.07) is 16.8. The molecule has 1 heterocycles. The normalized spacial score (nSPS) is 12.7. The van der Waals surface area contributed by atoms with Crippen LogP contribution in [0.2, 0.25) is 0 Å². The van der Waals surface area contributed by atoms with Crippen LogP contribution in [0.3, 0.4) is 0 Å². The van der Waals surface area contributed by atoms with Crippen molar-refractivity contribution in [3.8, 4) is 0 Å². The molecule has 1 nitrogen and oxygen atoms in total. The highest BCUT2D eigenvalue weighted by atomic mass is 32.1. The number of benzene rings is 2. The third-order valence-corrected chi connectivity index (χ3v) is 4.07. The average molecular weight is 268 g/mol. The van der Waals surface area contributed by atoms with Crippen molar-refractivity contribution in [3.63, 3.8) is 0 Å². The van der Waals surface area contributed by atoms with E-state index in [1.807, 2.05) is 12.1 Å². The molecule has 0 amide bonds. The second-order valence-corrected chi connectivity index (χ2v) is 5.66. The largest absolute Gasteiger partial charge is 0.392 e. The summed E-state index contributed by atoms with van der Waals surface area (Å²) in [4.78, 5) is 0. The number of fused-ring (bicyclic) bond motifs is 1. The molecule has 0 saturated heterocycles. The van der Waals surface area contributed by atoms with Gasteiger partial charge in [0.15, 0.2) is 0 Å². The summed E-state index contributed by atoms with van der Waals surface area (Å²) in [5, 5.41) is 16.8. The van der Waals surface area contributed by atoms with Crippen molar-refractivity contribution in [2.24, 2.45) is 0 Å². The molecule has 1 aromatic heterocycles. The van der Waals surface area contributed by atoms with Crippen LogP contribution in [0.15, 0.2) is 59.3 Å². The van der Waals surface area contributed by atoms with Crippen molar-refractivity contribution >= 4 is 22.1 Å². The Bertz CT molecular complexity index is 658. The minimum Gasteiger partial charge on any atom is -0.392 e. The highest BCUT2D eigenvalue weighted by Gasteiger charge is 2.07. The van der Waals surface area contributed by atoms with Crippen LogP contribution >= 0.6 is 11.3 Å². The van der Waals surface area contributed by atoms with Gasteiger partial charge in [-0.1, -0.05) is 42.5 Å². The van der Waals surface area contributed by atoms with Crippen LogP contribution in [0.1, 0.15) is 11.1 Å². The smallest absolute Gasteiger partial charge is 0.0621 e. The molecule has 0 aliphatic heterocycles. The second-order valence-electron chi connectivity index (χ2n) is 4.88. The first kappa shape index (κ1) is 12.4. The molecular formula is C17H16OS. The average Bonchev–Trinajstić information content (AvgIpc) is 2.91. The van der Waals surface area contributed by atoms with Crippen molar-refractivity contribution < 1.29 is 5.11 Å². The van der Waals surface area contributed by atoms with Gasteiger partial charge in [-0.15, -0.1) is 0 Å². The van der Waals surface area contributed by atoms with Gasteiger partial charge in [-0.05, 0) is 51.6 Å². The van der Waals surface area contributed by atoms with Crippen LogP contribution < -0.4 is 0 Å². The number of aliphatic hydroxyl groups is 1. The Morgan fingerprint density at radius 2 is 1.68 bits per heavy atom. The molecule has 96 valence electrons. The van der Waals surface area contributed by atoms with Gasteiger partial charge in [-0.3, -0.25) is 0 Å². The lowest BCUT2D eigenvalue weighted by Gasteiger charge is -2.10. The maximum Gasteiger partial charge on any atom is 0.0621 e. The Labute approximate surface area is 117 Å². The predicted molar refractivity (Wildman–Crippen MR) is 81.7 cm³/mol. The van der Waals surface area contributed by atoms with Crippen LogP contribution in [-0.2, 0) is 12.8 Å². The van der Waals surface area contributed by atoms with Gasteiger partial charge in [0.05, 0.1) is 6.10 Å². The quantitative estimate of drug-likeness (QED) is 0.757. The van der Waals surface area contributed by atoms with Crippen LogP contribution in [0, 0.1) is 0 Å². The van der Waals surface area contributed by atoms with Gasteiger partial charge >= 0.3 is 0 Å². The van der Waals surface area contributed by atoms with E-state index in [4.69, 9.17) is 0 Å². The molecule has 1 unspecified atom stereocenters. The number of aliphatic hydroxyl groups excluding tert-OH is 1. The zero-order valence-electron chi connectivity index (χ0n) is 10.6. The van der Waals surface area contributed by atoms with Gasteiger partial charge in [0.1, 0.15) is 0 Å². The van der Waals surface area contributed by atoms with Gasteiger partial charge in [0, 0.05) is 0 Å². The Kier molecular flexibility index (Phi) is 3.62. The van der Waals surface area contributed by atoms with E-state index in [0.29, 0.717) is 6.42 Å². The van der Waals surface area contributed by atoms with E-state index in [2.05, 4.69) is 47.2 Å². The van der Waals surface area contributed by atoms with E-state index in [1.54, 1.807) is 11.3 Å². The Morgan fingerprint density at radius 1 is 0.895 bits per heavy atom. The van der Waals surface area contributed by atoms with Gasteiger partial charge in [0.2, 0.25) is 0 Å². The molecule has 3 rings (SSSR count). The highest BCUT2D eigenvalue weighted by Crippen LogP contribution is 2.18. The number of hydrogen-bond donors (Lipinski definition) is 1. The molecule has 1 atom stereocenters. The lowest BCUT2D eigenvalue weighted by Crippen LogP contribution is -2.13. The molecule has 2 aromatic carbocycles. The minimum absolute atomic E-state index is 0.309. The van der Waals surface area contributed by atoms with Crippen molar-refractivity contribution in [2.75, 3.05) is 0 Å². The Balaban J connectivity index is 1.73. The van der Waals surface area contributed by atoms with Crippen molar-refractivity contribution in [1.29, 1.82) is 0 Å². The summed E-state index contributed by atoms with van der Waals surface area (Å²) in [6.07, 6.45) is 1.13. The third kappa shape index (κ3) is 3.03. The van der Waals surface area contributed by atoms with Crippen molar-refractivity contribution in [3.05, 3.63) is 70.4 Å². The molecule has 19 heavy (non-hydrogen) atoms. The van der Waals surface area contributed by atoms with E-state index < -0.39 is 0 Å². The molecule has 0 aliphatic rings. The van der Waals surface area contributed by atoms with Crippen LogP contribution in [0.4, 0.5) is 0 Å². The Hall–Kier alpha value is -1.64. The summed E-state index contributed by atoms with van der Waals surface area (Å²) in [7, 11) is 0. The number of rotatable bonds is 4. The van der Waals surface area contributed by atoms with E-state index in [9.17, 15) is 5.11 Å². The maximum absolute atomic E-state index is 10.2. The molecule has 0 bridgehead atoms. The fourth-order valence-electron chi connectivity index (χ4n) is 2.39. The zero-order valence-corrected chi connectivity index (χ0v) is 11.4. The fraction of sp³-hybridized carbons (Fsp3) is 0.176. The van der Waals surface area contributed by atoms with E-state index in [0.717, 1.165) is 6.42 Å². The molecule has 0 saturated carbocycles. The van der Waals surface area contributed by atoms with E-state index >= 15 is 0 Å². The first-order chi connectivity index (χ1) is 9.31. The van der Waals surface area contributed by atoms with Gasteiger partial charge in [-0.2, -0.15) is 11.3 Å². The van der Waals surface area contributed by atoms with Gasteiger partial charge in [0.25, 0.3) is 0 Å². The molecular weight excluding hydrogens is 252 g/mol. The number of thiophene rings is 1. The molecule has 2 heteroatoms. The zero-order chi connectivity index (χ0) is 13.1. The van der Waals surface area contributed by atoms with E-state index in [1.165, 1.54) is 21.9 Å². The molecule has 0 fully saturated rings. The van der Waals surface area contributed by atoms with Crippen LogP contribution in [0.25, 0.3) is 10.8 Å². The topological polar surface area (TPSA) is 20.2 Å². The van der Waals surface area contributed by atoms with E-state index in [-0.39, 0.29) is 6.10 Å². The SMILES string of the molecule is OC(Cc1ccsc1)Cc1ccc2ccccc2c1. The summed E-state index contributed by atoms with van der Waals surface area (Å²) in [5.41, 5.74) is 2.42. The van der Waals surface area contributed by atoms with Crippen molar-refractivity contribution in [1.82, 2.24) is 0 Å². The van der Waals surface area contributed by atoms with Gasteiger partial charge < -0.3 is 5.11 Å². The summed E-state index contributed by atoms with van der Waals surface area (Å²) in [5.74, 6) is 0. The minimum atomic E-state index is -0.309. The lowest BCUT2D eigenvalue weighted by atomic mass is 10.00. The molecule has 3 aromatic rings. The van der Waals surface area contributed by atoms with Crippen molar-refractivity contribution in [2.45, 2.75) is 18.9 Å². The first-order valence-electron chi connectivity index (χ1n) is 6.48. The van der Waals surface area contributed by atoms with Crippen LogP contribution in [-0.4, -0.2) is 11.2 Å². The summed E-state index contributed by atoms with van der Waals surface area (Å²) < 4.78 is 0. The molecule has 0 spiro atoms. The lowest BCUT2D eigenvalue weighted by molar-refractivity contribution is 0.175. The number of hydrogen-bond acceptors (Lipinski definition) is 2.